The second-order valence-corrected chi connectivity index (χ2v) is 5.77. The third-order valence-corrected chi connectivity index (χ3v) is 4.39. The highest BCUT2D eigenvalue weighted by atomic mass is 32.1. The van der Waals surface area contributed by atoms with E-state index in [0.29, 0.717) is 12.8 Å². The molecule has 1 heterocycles. The average Bonchev–Trinajstić information content (AvgIpc) is 2.63. The molecule has 1 unspecified atom stereocenters. The lowest BCUT2D eigenvalue weighted by Crippen LogP contribution is -2.31. The van der Waals surface area contributed by atoms with Gasteiger partial charge in [0, 0.05) is 23.8 Å². The van der Waals surface area contributed by atoms with Crippen LogP contribution in [0, 0.1) is 12.8 Å². The number of aryl methyl sites for hydroxylation is 1. The molecule has 2 rings (SSSR count). The van der Waals surface area contributed by atoms with Crippen molar-refractivity contribution in [2.45, 2.75) is 44.6 Å². The normalized spacial score (nSPS) is 23.2. The van der Waals surface area contributed by atoms with Gasteiger partial charge >= 0.3 is 0 Å². The molecule has 16 heavy (non-hydrogen) atoms. The molecular formula is C12H17F2NS. The van der Waals surface area contributed by atoms with Gasteiger partial charge in [-0.05, 0) is 42.7 Å². The molecule has 1 fully saturated rings. The highest BCUT2D eigenvalue weighted by Gasteiger charge is 2.37. The van der Waals surface area contributed by atoms with Crippen LogP contribution in [0.5, 0.6) is 0 Å². The van der Waals surface area contributed by atoms with Gasteiger partial charge in [-0.25, -0.2) is 8.78 Å². The average molecular weight is 245 g/mol. The van der Waals surface area contributed by atoms with Crippen molar-refractivity contribution in [1.82, 2.24) is 0 Å². The number of thiophene rings is 1. The van der Waals surface area contributed by atoms with E-state index < -0.39 is 5.92 Å². The summed E-state index contributed by atoms with van der Waals surface area (Å²) in [6.07, 6.45) is 1.08. The predicted molar refractivity (Wildman–Crippen MR) is 62.9 cm³/mol. The number of halogens is 2. The summed E-state index contributed by atoms with van der Waals surface area (Å²) in [5.74, 6) is -2.24. The molecule has 1 aliphatic carbocycles. The number of hydrogen-bond acceptors (Lipinski definition) is 2. The zero-order valence-electron chi connectivity index (χ0n) is 9.38. The highest BCUT2D eigenvalue weighted by Crippen LogP contribution is 2.41. The van der Waals surface area contributed by atoms with Crippen LogP contribution in [0.25, 0.3) is 0 Å². The molecule has 0 radical (unpaired) electrons. The van der Waals surface area contributed by atoms with Crippen LogP contribution in [-0.2, 0) is 0 Å². The van der Waals surface area contributed by atoms with Gasteiger partial charge in [-0.15, -0.1) is 11.3 Å². The van der Waals surface area contributed by atoms with Crippen molar-refractivity contribution < 1.29 is 8.78 Å². The van der Waals surface area contributed by atoms with Crippen molar-refractivity contribution in [2.24, 2.45) is 11.7 Å². The lowest BCUT2D eigenvalue weighted by molar-refractivity contribution is -0.0483. The molecule has 1 aromatic rings. The number of rotatable bonds is 2. The Hall–Kier alpha value is -0.480. The first-order valence-electron chi connectivity index (χ1n) is 5.67. The summed E-state index contributed by atoms with van der Waals surface area (Å²) in [4.78, 5) is 1.21. The van der Waals surface area contributed by atoms with E-state index in [1.165, 1.54) is 4.88 Å². The fraction of sp³-hybridized carbons (Fsp3) is 0.667. The van der Waals surface area contributed by atoms with Gasteiger partial charge in [0.2, 0.25) is 5.92 Å². The number of nitrogens with two attached hydrogens (primary N) is 1. The Morgan fingerprint density at radius 1 is 1.44 bits per heavy atom. The molecule has 2 N–H and O–H groups in total. The zero-order valence-corrected chi connectivity index (χ0v) is 10.2. The molecule has 0 spiro atoms. The van der Waals surface area contributed by atoms with E-state index in [1.54, 1.807) is 11.3 Å². The van der Waals surface area contributed by atoms with Gasteiger partial charge in [0.15, 0.2) is 0 Å². The van der Waals surface area contributed by atoms with Gasteiger partial charge in [0.25, 0.3) is 0 Å². The van der Waals surface area contributed by atoms with Crippen LogP contribution in [0.4, 0.5) is 8.78 Å². The van der Waals surface area contributed by atoms with E-state index >= 15 is 0 Å². The van der Waals surface area contributed by atoms with E-state index in [1.807, 2.05) is 18.4 Å². The number of alkyl halides is 2. The van der Waals surface area contributed by atoms with Gasteiger partial charge in [0.1, 0.15) is 0 Å². The molecule has 0 saturated heterocycles. The second kappa shape index (κ2) is 4.41. The fourth-order valence-corrected chi connectivity index (χ4v) is 3.18. The smallest absolute Gasteiger partial charge is 0.248 e. The summed E-state index contributed by atoms with van der Waals surface area (Å²) in [5, 5.41) is 2.02. The lowest BCUT2D eigenvalue weighted by atomic mass is 9.80. The molecule has 0 aromatic carbocycles. The molecule has 4 heteroatoms. The first kappa shape index (κ1) is 12.0. The lowest BCUT2D eigenvalue weighted by Gasteiger charge is -2.32. The summed E-state index contributed by atoms with van der Waals surface area (Å²) in [6.45, 7) is 2.04. The van der Waals surface area contributed by atoms with E-state index in [2.05, 4.69) is 0 Å². The fourth-order valence-electron chi connectivity index (χ4n) is 2.42. The SMILES string of the molecule is Cc1sccc1C(N)C1CCC(F)(F)CC1. The summed E-state index contributed by atoms with van der Waals surface area (Å²) < 4.78 is 26.0. The van der Waals surface area contributed by atoms with Crippen molar-refractivity contribution in [2.75, 3.05) is 0 Å². The predicted octanol–water partition coefficient (Wildman–Crippen LogP) is 3.88. The Bertz CT molecular complexity index is 352. The van der Waals surface area contributed by atoms with Crippen LogP contribution in [0.2, 0.25) is 0 Å². The van der Waals surface area contributed by atoms with Crippen LogP contribution in [0.15, 0.2) is 11.4 Å². The van der Waals surface area contributed by atoms with Crippen molar-refractivity contribution in [3.05, 3.63) is 21.9 Å². The van der Waals surface area contributed by atoms with Crippen molar-refractivity contribution >= 4 is 11.3 Å². The zero-order chi connectivity index (χ0) is 11.8. The van der Waals surface area contributed by atoms with Crippen molar-refractivity contribution in [1.29, 1.82) is 0 Å². The maximum atomic E-state index is 13.0. The van der Waals surface area contributed by atoms with Gasteiger partial charge in [-0.3, -0.25) is 0 Å². The Balaban J connectivity index is 2.02. The summed E-state index contributed by atoms with van der Waals surface area (Å²) >= 11 is 1.67. The molecule has 0 amide bonds. The van der Waals surface area contributed by atoms with Gasteiger partial charge in [0.05, 0.1) is 0 Å². The van der Waals surface area contributed by atoms with Crippen LogP contribution < -0.4 is 5.73 Å². The van der Waals surface area contributed by atoms with Crippen LogP contribution in [-0.4, -0.2) is 5.92 Å². The Morgan fingerprint density at radius 3 is 2.56 bits per heavy atom. The molecule has 0 bridgehead atoms. The van der Waals surface area contributed by atoms with Crippen molar-refractivity contribution in [3.8, 4) is 0 Å². The third kappa shape index (κ3) is 2.43. The van der Waals surface area contributed by atoms with E-state index in [-0.39, 0.29) is 24.8 Å². The Labute approximate surface area is 98.7 Å². The van der Waals surface area contributed by atoms with E-state index in [9.17, 15) is 8.78 Å². The molecule has 1 nitrogen and oxygen atoms in total. The van der Waals surface area contributed by atoms with E-state index in [4.69, 9.17) is 5.73 Å². The molecule has 1 aliphatic rings. The van der Waals surface area contributed by atoms with Gasteiger partial charge in [-0.1, -0.05) is 0 Å². The molecule has 1 saturated carbocycles. The maximum absolute atomic E-state index is 13.0. The van der Waals surface area contributed by atoms with Crippen LogP contribution in [0.3, 0.4) is 0 Å². The maximum Gasteiger partial charge on any atom is 0.248 e. The first-order chi connectivity index (χ1) is 7.49. The summed E-state index contributed by atoms with van der Waals surface area (Å²) in [7, 11) is 0. The second-order valence-electron chi connectivity index (χ2n) is 4.65. The van der Waals surface area contributed by atoms with E-state index in [0.717, 1.165) is 5.56 Å². The molecule has 0 aliphatic heterocycles. The van der Waals surface area contributed by atoms with Crippen LogP contribution in [0.1, 0.15) is 42.2 Å². The molecule has 1 atom stereocenters. The molecular weight excluding hydrogens is 228 g/mol. The summed E-state index contributed by atoms with van der Waals surface area (Å²) in [6, 6.07) is 1.96. The van der Waals surface area contributed by atoms with Crippen LogP contribution >= 0.6 is 11.3 Å². The Kier molecular flexibility index (Phi) is 3.31. The topological polar surface area (TPSA) is 26.0 Å². The third-order valence-electron chi connectivity index (χ3n) is 3.53. The molecule has 90 valence electrons. The summed E-state index contributed by atoms with van der Waals surface area (Å²) in [5.41, 5.74) is 7.30. The molecule has 1 aromatic heterocycles. The highest BCUT2D eigenvalue weighted by molar-refractivity contribution is 7.10. The largest absolute Gasteiger partial charge is 0.324 e. The minimum atomic E-state index is -2.46. The monoisotopic (exact) mass is 245 g/mol. The first-order valence-corrected chi connectivity index (χ1v) is 6.55. The Morgan fingerprint density at radius 2 is 2.06 bits per heavy atom. The number of hydrogen-bond donors (Lipinski definition) is 1. The quantitative estimate of drug-likeness (QED) is 0.840. The minimum Gasteiger partial charge on any atom is -0.324 e. The standard InChI is InChI=1S/C12H17F2NS/c1-8-10(4-7-16-8)11(15)9-2-5-12(13,14)6-3-9/h4,7,9,11H,2-3,5-6,15H2,1H3. The minimum absolute atomic E-state index is 0.00541. The van der Waals surface area contributed by atoms with Gasteiger partial charge < -0.3 is 5.73 Å². The van der Waals surface area contributed by atoms with Gasteiger partial charge in [-0.2, -0.15) is 0 Å². The van der Waals surface area contributed by atoms with Crippen molar-refractivity contribution in [3.63, 3.8) is 0 Å².